The Hall–Kier alpha value is -2.61. The largest absolute Gasteiger partial charge is 0.360 e. The molecule has 0 radical (unpaired) electrons. The maximum atomic E-state index is 12.2. The van der Waals surface area contributed by atoms with E-state index in [1.165, 1.54) is 36.4 Å². The highest BCUT2D eigenvalue weighted by Gasteiger charge is 2.16. The van der Waals surface area contributed by atoms with Crippen LogP contribution in [0.5, 0.6) is 0 Å². The van der Waals surface area contributed by atoms with E-state index in [4.69, 9.17) is 4.52 Å². The summed E-state index contributed by atoms with van der Waals surface area (Å²) in [7, 11) is -3.76. The molecule has 122 valence electrons. The molecule has 0 bridgehead atoms. The first kappa shape index (κ1) is 16.8. The molecule has 0 atom stereocenters. The highest BCUT2D eigenvalue weighted by atomic mass is 32.2. The molecule has 1 aromatic heterocycles. The van der Waals surface area contributed by atoms with Crippen molar-refractivity contribution in [2.75, 3.05) is 10.0 Å². The van der Waals surface area contributed by atoms with E-state index in [0.717, 1.165) is 5.57 Å². The second kappa shape index (κ2) is 6.66. The minimum absolute atomic E-state index is 0.0540. The van der Waals surface area contributed by atoms with Gasteiger partial charge in [-0.2, -0.15) is 0 Å². The maximum absolute atomic E-state index is 12.2. The molecule has 1 amide bonds. The van der Waals surface area contributed by atoms with Crippen molar-refractivity contribution in [2.24, 2.45) is 0 Å². The zero-order valence-corrected chi connectivity index (χ0v) is 13.8. The molecule has 0 spiro atoms. The lowest BCUT2D eigenvalue weighted by atomic mass is 10.3. The summed E-state index contributed by atoms with van der Waals surface area (Å²) in [5.74, 6) is 0.347. The summed E-state index contributed by atoms with van der Waals surface area (Å²) < 4.78 is 31.5. The molecule has 8 heteroatoms. The monoisotopic (exact) mass is 335 g/mol. The summed E-state index contributed by atoms with van der Waals surface area (Å²) >= 11 is 0. The molecule has 0 aliphatic rings. The van der Waals surface area contributed by atoms with Gasteiger partial charge in [-0.25, -0.2) is 8.42 Å². The second-order valence-electron chi connectivity index (χ2n) is 5.16. The number of aryl methyl sites for hydroxylation is 1. The van der Waals surface area contributed by atoms with Crippen LogP contribution < -0.4 is 10.0 Å². The average molecular weight is 335 g/mol. The van der Waals surface area contributed by atoms with Crippen molar-refractivity contribution in [3.63, 3.8) is 0 Å². The van der Waals surface area contributed by atoms with Crippen LogP contribution in [0.1, 0.15) is 19.6 Å². The first-order valence-corrected chi connectivity index (χ1v) is 8.27. The highest BCUT2D eigenvalue weighted by molar-refractivity contribution is 7.92. The van der Waals surface area contributed by atoms with Crippen LogP contribution in [-0.4, -0.2) is 19.5 Å². The number of nitrogens with one attached hydrogen (secondary N) is 2. The third-order valence-electron chi connectivity index (χ3n) is 2.72. The first-order chi connectivity index (χ1) is 10.8. The number of aromatic nitrogens is 1. The minimum Gasteiger partial charge on any atom is -0.360 e. The number of nitrogens with zero attached hydrogens (tertiary/aromatic N) is 1. The van der Waals surface area contributed by atoms with Crippen molar-refractivity contribution in [3.05, 3.63) is 47.7 Å². The molecule has 0 aliphatic carbocycles. The first-order valence-electron chi connectivity index (χ1n) is 6.78. The Morgan fingerprint density at radius 3 is 2.39 bits per heavy atom. The van der Waals surface area contributed by atoms with Crippen molar-refractivity contribution >= 4 is 27.4 Å². The molecule has 2 rings (SSSR count). The van der Waals surface area contributed by atoms with E-state index in [9.17, 15) is 13.2 Å². The van der Waals surface area contributed by atoms with E-state index in [2.05, 4.69) is 15.2 Å². The molecular formula is C15H17N3O4S. The Kier molecular flexibility index (Phi) is 4.85. The highest BCUT2D eigenvalue weighted by Crippen LogP contribution is 2.18. The number of sulfonamides is 1. The van der Waals surface area contributed by atoms with Gasteiger partial charge in [-0.15, -0.1) is 0 Å². The number of benzene rings is 1. The normalized spacial score (nSPS) is 10.9. The van der Waals surface area contributed by atoms with Gasteiger partial charge in [0.2, 0.25) is 5.91 Å². The molecule has 2 N–H and O–H groups in total. The SMILES string of the molecule is CC(C)=CC(=O)Nc1ccc(S(=O)(=O)Nc2cc(C)on2)cc1. The van der Waals surface area contributed by atoms with E-state index < -0.39 is 10.0 Å². The Balaban J connectivity index is 2.12. The molecule has 0 unspecified atom stereocenters. The van der Waals surface area contributed by atoms with Crippen molar-refractivity contribution < 1.29 is 17.7 Å². The van der Waals surface area contributed by atoms with E-state index in [1.54, 1.807) is 6.92 Å². The lowest BCUT2D eigenvalue weighted by molar-refractivity contribution is -0.111. The predicted octanol–water partition coefficient (Wildman–Crippen LogP) is 2.69. The number of carbonyl (C=O) groups is 1. The smallest absolute Gasteiger partial charge is 0.263 e. The van der Waals surface area contributed by atoms with Crippen LogP contribution in [0.15, 0.2) is 51.4 Å². The number of carbonyl (C=O) groups excluding carboxylic acids is 1. The van der Waals surface area contributed by atoms with Gasteiger partial charge in [-0.05, 0) is 45.0 Å². The van der Waals surface area contributed by atoms with Gasteiger partial charge in [0, 0.05) is 17.8 Å². The Morgan fingerprint density at radius 2 is 1.87 bits per heavy atom. The van der Waals surface area contributed by atoms with Crippen LogP contribution in [0.4, 0.5) is 11.5 Å². The number of hydrogen-bond acceptors (Lipinski definition) is 5. The summed E-state index contributed by atoms with van der Waals surface area (Å²) in [6, 6.07) is 7.30. The van der Waals surface area contributed by atoms with Crippen LogP contribution in [0.3, 0.4) is 0 Å². The molecule has 0 saturated heterocycles. The average Bonchev–Trinajstić information content (AvgIpc) is 2.83. The van der Waals surface area contributed by atoms with Gasteiger partial charge in [0.1, 0.15) is 5.76 Å². The fourth-order valence-electron chi connectivity index (χ4n) is 1.77. The van der Waals surface area contributed by atoms with E-state index >= 15 is 0 Å². The molecule has 1 aromatic carbocycles. The van der Waals surface area contributed by atoms with Crippen molar-refractivity contribution in [3.8, 4) is 0 Å². The molecule has 0 aliphatic heterocycles. The van der Waals surface area contributed by atoms with Gasteiger partial charge in [0.15, 0.2) is 5.82 Å². The van der Waals surface area contributed by atoms with Gasteiger partial charge in [-0.1, -0.05) is 10.7 Å². The van der Waals surface area contributed by atoms with Crippen LogP contribution >= 0.6 is 0 Å². The molecular weight excluding hydrogens is 318 g/mol. The minimum atomic E-state index is -3.76. The summed E-state index contributed by atoms with van der Waals surface area (Å²) in [5, 5.41) is 6.23. The molecule has 0 saturated carbocycles. The molecule has 1 heterocycles. The van der Waals surface area contributed by atoms with Gasteiger partial charge >= 0.3 is 0 Å². The van der Waals surface area contributed by atoms with Gasteiger partial charge in [0.05, 0.1) is 4.90 Å². The van der Waals surface area contributed by atoms with Gasteiger partial charge in [-0.3, -0.25) is 9.52 Å². The zero-order valence-electron chi connectivity index (χ0n) is 13.0. The summed E-state index contributed by atoms with van der Waals surface area (Å²) in [6.07, 6.45) is 1.46. The number of hydrogen-bond donors (Lipinski definition) is 2. The molecule has 23 heavy (non-hydrogen) atoms. The zero-order chi connectivity index (χ0) is 17.0. The number of anilines is 2. The molecule has 7 nitrogen and oxygen atoms in total. The summed E-state index contributed by atoms with van der Waals surface area (Å²) in [6.45, 7) is 5.29. The van der Waals surface area contributed by atoms with Crippen LogP contribution in [0, 0.1) is 6.92 Å². The van der Waals surface area contributed by atoms with Crippen molar-refractivity contribution in [2.45, 2.75) is 25.7 Å². The maximum Gasteiger partial charge on any atom is 0.263 e. The third-order valence-corrected chi connectivity index (χ3v) is 4.09. The fraction of sp³-hybridized carbons (Fsp3) is 0.200. The third kappa shape index (κ3) is 4.68. The topological polar surface area (TPSA) is 101 Å². The quantitative estimate of drug-likeness (QED) is 0.818. The second-order valence-corrected chi connectivity index (χ2v) is 6.85. The number of allylic oxidation sites excluding steroid dienone is 1. The number of rotatable bonds is 5. The molecule has 2 aromatic rings. The predicted molar refractivity (Wildman–Crippen MR) is 86.6 cm³/mol. The fourth-order valence-corrected chi connectivity index (χ4v) is 2.75. The van der Waals surface area contributed by atoms with Crippen LogP contribution in [-0.2, 0) is 14.8 Å². The Bertz CT molecular complexity index is 832. The lowest BCUT2D eigenvalue weighted by Crippen LogP contribution is -2.13. The van der Waals surface area contributed by atoms with Gasteiger partial charge in [0.25, 0.3) is 10.0 Å². The Morgan fingerprint density at radius 1 is 1.22 bits per heavy atom. The van der Waals surface area contributed by atoms with Crippen LogP contribution in [0.2, 0.25) is 0 Å². The Labute approximate surface area is 134 Å². The van der Waals surface area contributed by atoms with E-state index in [0.29, 0.717) is 11.4 Å². The number of amides is 1. The van der Waals surface area contributed by atoms with Gasteiger partial charge < -0.3 is 9.84 Å². The van der Waals surface area contributed by atoms with Crippen LogP contribution in [0.25, 0.3) is 0 Å². The van der Waals surface area contributed by atoms with Crippen molar-refractivity contribution in [1.82, 2.24) is 5.16 Å². The van der Waals surface area contributed by atoms with E-state index in [1.807, 2.05) is 13.8 Å². The van der Waals surface area contributed by atoms with E-state index in [-0.39, 0.29) is 16.6 Å². The molecule has 0 fully saturated rings. The summed E-state index contributed by atoms with van der Waals surface area (Å²) in [4.78, 5) is 11.7. The van der Waals surface area contributed by atoms with Crippen molar-refractivity contribution in [1.29, 1.82) is 0 Å². The summed E-state index contributed by atoms with van der Waals surface area (Å²) in [5.41, 5.74) is 1.37. The standard InChI is InChI=1S/C15H17N3O4S/c1-10(2)8-15(19)16-12-4-6-13(7-5-12)23(20,21)18-14-9-11(3)22-17-14/h4-9H,1-3H3,(H,16,19)(H,17,18). The lowest BCUT2D eigenvalue weighted by Gasteiger charge is -2.07.